The third-order valence-corrected chi connectivity index (χ3v) is 7.72. The summed E-state index contributed by atoms with van der Waals surface area (Å²) in [6, 6.07) is 3.71. The molecular formula is C20H26N2O2S. The standard InChI is InChI=1S/C20H26N2O2S/c23-19(16-1-2-18(21-11-16)24-17-3-4-25-12-17)22-20-8-13-5-14(9-20)7-15(6-13)10-20/h1-2,11,13-15,17H,3-10,12H2,(H,22,23). The monoisotopic (exact) mass is 358 g/mol. The minimum atomic E-state index is 0.0393. The molecule has 1 saturated heterocycles. The molecule has 5 fully saturated rings. The number of pyridine rings is 1. The summed E-state index contributed by atoms with van der Waals surface area (Å²) in [5.74, 6) is 5.39. The van der Waals surface area contributed by atoms with Crippen molar-refractivity contribution in [3.63, 3.8) is 0 Å². The number of amides is 1. The fourth-order valence-corrected chi connectivity index (χ4v) is 7.03. The average molecular weight is 359 g/mol. The van der Waals surface area contributed by atoms with Crippen LogP contribution in [-0.2, 0) is 0 Å². The van der Waals surface area contributed by atoms with Gasteiger partial charge in [-0.1, -0.05) is 0 Å². The van der Waals surface area contributed by atoms with Gasteiger partial charge in [0.25, 0.3) is 5.91 Å². The Balaban J connectivity index is 1.25. The van der Waals surface area contributed by atoms with Crippen LogP contribution in [0.3, 0.4) is 0 Å². The van der Waals surface area contributed by atoms with E-state index in [9.17, 15) is 4.79 Å². The molecule has 4 bridgehead atoms. The van der Waals surface area contributed by atoms with Crippen LogP contribution in [-0.4, -0.2) is 34.0 Å². The molecular weight excluding hydrogens is 332 g/mol. The number of carbonyl (C=O) groups is 1. The van der Waals surface area contributed by atoms with Gasteiger partial charge in [-0.05, 0) is 74.5 Å². The van der Waals surface area contributed by atoms with E-state index in [-0.39, 0.29) is 17.6 Å². The van der Waals surface area contributed by atoms with Crippen molar-refractivity contribution in [2.75, 3.05) is 11.5 Å². The van der Waals surface area contributed by atoms with E-state index in [2.05, 4.69) is 10.3 Å². The van der Waals surface area contributed by atoms with E-state index >= 15 is 0 Å². The summed E-state index contributed by atoms with van der Waals surface area (Å²) in [5, 5.41) is 3.41. The maximum atomic E-state index is 12.8. The Morgan fingerprint density at radius 1 is 1.16 bits per heavy atom. The Labute approximate surface area is 153 Å². The van der Waals surface area contributed by atoms with E-state index in [1.165, 1.54) is 38.5 Å². The predicted molar refractivity (Wildman–Crippen MR) is 99.0 cm³/mol. The summed E-state index contributed by atoms with van der Waals surface area (Å²) < 4.78 is 5.88. The SMILES string of the molecule is O=C(NC12CC3CC(CC(C3)C1)C2)c1ccc(OC2CCSC2)nc1. The molecule has 5 heteroatoms. The van der Waals surface area contributed by atoms with Crippen LogP contribution in [0.15, 0.2) is 18.3 Å². The first-order valence-corrected chi connectivity index (χ1v) is 10.9. The number of hydrogen-bond donors (Lipinski definition) is 1. The van der Waals surface area contributed by atoms with Crippen molar-refractivity contribution in [3.8, 4) is 5.88 Å². The fraction of sp³-hybridized carbons (Fsp3) is 0.700. The largest absolute Gasteiger partial charge is 0.473 e. The molecule has 1 N–H and O–H groups in total. The van der Waals surface area contributed by atoms with Crippen molar-refractivity contribution in [2.24, 2.45) is 17.8 Å². The van der Waals surface area contributed by atoms with Gasteiger partial charge in [0.2, 0.25) is 5.88 Å². The number of aromatic nitrogens is 1. The highest BCUT2D eigenvalue weighted by atomic mass is 32.2. The molecule has 4 nitrogen and oxygen atoms in total. The molecule has 1 aromatic heterocycles. The summed E-state index contributed by atoms with van der Waals surface area (Å²) in [7, 11) is 0. The van der Waals surface area contributed by atoms with Gasteiger partial charge in [0.05, 0.1) is 5.56 Å². The molecule has 0 aromatic carbocycles. The van der Waals surface area contributed by atoms with Crippen molar-refractivity contribution in [3.05, 3.63) is 23.9 Å². The maximum absolute atomic E-state index is 12.8. The molecule has 0 spiro atoms. The summed E-state index contributed by atoms with van der Waals surface area (Å²) in [6.45, 7) is 0. The second-order valence-corrected chi connectivity index (χ2v) is 9.79. The second kappa shape index (κ2) is 6.19. The van der Waals surface area contributed by atoms with Gasteiger partial charge < -0.3 is 10.1 Å². The van der Waals surface area contributed by atoms with Gasteiger partial charge in [-0.2, -0.15) is 11.8 Å². The van der Waals surface area contributed by atoms with Crippen molar-refractivity contribution in [1.82, 2.24) is 10.3 Å². The lowest BCUT2D eigenvalue weighted by Crippen LogP contribution is -2.59. The molecule has 5 aliphatic rings. The lowest BCUT2D eigenvalue weighted by molar-refractivity contribution is -0.0167. The van der Waals surface area contributed by atoms with Crippen LogP contribution >= 0.6 is 11.8 Å². The maximum Gasteiger partial charge on any atom is 0.253 e. The molecule has 25 heavy (non-hydrogen) atoms. The Kier molecular flexibility index (Phi) is 3.95. The molecule has 1 aliphatic heterocycles. The van der Waals surface area contributed by atoms with Gasteiger partial charge >= 0.3 is 0 Å². The Morgan fingerprint density at radius 2 is 1.88 bits per heavy atom. The lowest BCUT2D eigenvalue weighted by Gasteiger charge is -2.56. The first-order chi connectivity index (χ1) is 12.2. The Bertz CT molecular complexity index is 619. The summed E-state index contributed by atoms with van der Waals surface area (Å²) in [5.41, 5.74) is 0.714. The highest BCUT2D eigenvalue weighted by Gasteiger charge is 2.51. The van der Waals surface area contributed by atoms with Crippen molar-refractivity contribution < 1.29 is 9.53 Å². The number of thioether (sulfide) groups is 1. The van der Waals surface area contributed by atoms with Gasteiger partial charge in [0.15, 0.2) is 0 Å². The summed E-state index contributed by atoms with van der Waals surface area (Å²) >= 11 is 1.92. The van der Waals surface area contributed by atoms with Crippen LogP contribution in [0.25, 0.3) is 0 Å². The van der Waals surface area contributed by atoms with E-state index in [0.717, 1.165) is 35.7 Å². The van der Waals surface area contributed by atoms with Gasteiger partial charge in [-0.3, -0.25) is 4.79 Å². The zero-order valence-electron chi connectivity index (χ0n) is 14.6. The number of ether oxygens (including phenoxy) is 1. The molecule has 1 atom stereocenters. The molecule has 1 amide bonds. The summed E-state index contributed by atoms with van der Waals surface area (Å²) in [4.78, 5) is 17.2. The number of carbonyl (C=O) groups excluding carboxylic acids is 1. The minimum Gasteiger partial charge on any atom is -0.473 e. The molecule has 4 saturated carbocycles. The lowest BCUT2D eigenvalue weighted by atomic mass is 9.53. The van der Waals surface area contributed by atoms with Gasteiger partial charge in [-0.15, -0.1) is 0 Å². The van der Waals surface area contributed by atoms with E-state index in [4.69, 9.17) is 4.74 Å². The van der Waals surface area contributed by atoms with E-state index in [1.807, 2.05) is 23.9 Å². The Hall–Kier alpha value is -1.23. The van der Waals surface area contributed by atoms with Crippen LogP contribution in [0.4, 0.5) is 0 Å². The van der Waals surface area contributed by atoms with Crippen LogP contribution in [0, 0.1) is 17.8 Å². The van der Waals surface area contributed by atoms with E-state index < -0.39 is 0 Å². The molecule has 6 rings (SSSR count). The molecule has 2 heterocycles. The zero-order chi connectivity index (χ0) is 16.9. The average Bonchev–Trinajstić information content (AvgIpc) is 3.06. The molecule has 1 aromatic rings. The number of nitrogens with one attached hydrogen (secondary N) is 1. The molecule has 4 aliphatic carbocycles. The van der Waals surface area contributed by atoms with E-state index in [1.54, 1.807) is 6.20 Å². The first-order valence-electron chi connectivity index (χ1n) is 9.70. The third-order valence-electron chi connectivity index (χ3n) is 6.59. The van der Waals surface area contributed by atoms with Gasteiger partial charge in [0, 0.05) is 23.6 Å². The predicted octanol–water partition coefficient (Wildman–Crippen LogP) is 3.66. The van der Waals surface area contributed by atoms with E-state index in [0.29, 0.717) is 11.4 Å². The van der Waals surface area contributed by atoms with Gasteiger partial charge in [-0.25, -0.2) is 4.98 Å². The Morgan fingerprint density at radius 3 is 2.44 bits per heavy atom. The highest BCUT2D eigenvalue weighted by molar-refractivity contribution is 7.99. The quantitative estimate of drug-likeness (QED) is 0.892. The molecule has 1 unspecified atom stereocenters. The first kappa shape index (κ1) is 16.0. The molecule has 0 radical (unpaired) electrons. The minimum absolute atomic E-state index is 0.0393. The zero-order valence-corrected chi connectivity index (χ0v) is 15.4. The second-order valence-electron chi connectivity index (χ2n) is 8.64. The van der Waals surface area contributed by atoms with Crippen LogP contribution in [0.5, 0.6) is 5.88 Å². The third kappa shape index (κ3) is 3.16. The van der Waals surface area contributed by atoms with Crippen LogP contribution < -0.4 is 10.1 Å². The van der Waals surface area contributed by atoms with Crippen molar-refractivity contribution in [2.45, 2.75) is 56.6 Å². The number of hydrogen-bond acceptors (Lipinski definition) is 4. The summed E-state index contributed by atoms with van der Waals surface area (Å²) in [6.07, 6.45) is 10.7. The van der Waals surface area contributed by atoms with Crippen molar-refractivity contribution >= 4 is 17.7 Å². The topological polar surface area (TPSA) is 51.2 Å². The smallest absolute Gasteiger partial charge is 0.253 e. The number of rotatable bonds is 4. The number of nitrogens with zero attached hydrogens (tertiary/aromatic N) is 1. The normalized spacial score (nSPS) is 38.7. The van der Waals surface area contributed by atoms with Gasteiger partial charge in [0.1, 0.15) is 6.10 Å². The van der Waals surface area contributed by atoms with Crippen molar-refractivity contribution in [1.29, 1.82) is 0 Å². The molecule has 134 valence electrons. The van der Waals surface area contributed by atoms with Crippen LogP contribution in [0.2, 0.25) is 0 Å². The van der Waals surface area contributed by atoms with Crippen LogP contribution in [0.1, 0.15) is 55.3 Å². The fourth-order valence-electron chi connectivity index (χ4n) is 5.94. The highest BCUT2D eigenvalue weighted by Crippen LogP contribution is 2.55.